The van der Waals surface area contributed by atoms with Gasteiger partial charge in [0.2, 0.25) is 0 Å². The quantitative estimate of drug-likeness (QED) is 0.429. The summed E-state index contributed by atoms with van der Waals surface area (Å²) in [7, 11) is 1.33. The molecule has 7 heavy (non-hydrogen) atoms. The van der Waals surface area contributed by atoms with Gasteiger partial charge in [0.15, 0.2) is 0 Å². The van der Waals surface area contributed by atoms with E-state index in [1.165, 1.54) is 18.2 Å². The summed E-state index contributed by atoms with van der Waals surface area (Å²) in [6.45, 7) is 0. The third-order valence-corrected chi connectivity index (χ3v) is 0.665. The molecule has 0 spiro atoms. The van der Waals surface area contributed by atoms with Crippen LogP contribution >= 0.6 is 15.9 Å². The third-order valence-electron chi connectivity index (χ3n) is 0.400. The maximum Gasteiger partial charge on any atom is 0.330 e. The van der Waals surface area contributed by atoms with Crippen LogP contribution in [-0.4, -0.2) is 13.1 Å². The maximum absolute atomic E-state index is 10.1. The van der Waals surface area contributed by atoms with Crippen molar-refractivity contribution in [2.75, 3.05) is 7.11 Å². The Labute approximate surface area is 50.3 Å². The topological polar surface area (TPSA) is 26.3 Å². The highest BCUT2D eigenvalue weighted by Crippen LogP contribution is 1.82. The van der Waals surface area contributed by atoms with E-state index in [1.807, 2.05) is 0 Å². The molecule has 0 heterocycles. The SMILES string of the molecule is COC(=O)/C=C\Br. The number of esters is 1. The van der Waals surface area contributed by atoms with E-state index in [0.29, 0.717) is 0 Å². The number of halogens is 1. The Morgan fingerprint density at radius 1 is 1.86 bits per heavy atom. The van der Waals surface area contributed by atoms with E-state index in [4.69, 9.17) is 0 Å². The van der Waals surface area contributed by atoms with Crippen LogP contribution in [0, 0.1) is 0 Å². The molecule has 0 aromatic carbocycles. The van der Waals surface area contributed by atoms with E-state index in [1.54, 1.807) is 0 Å². The highest BCUT2D eigenvalue weighted by molar-refractivity contribution is 9.11. The second-order valence-electron chi connectivity index (χ2n) is 0.816. The molecule has 0 fully saturated rings. The molecule has 0 N–H and O–H groups in total. The zero-order valence-electron chi connectivity index (χ0n) is 3.85. The Balaban J connectivity index is 3.37. The molecular weight excluding hydrogens is 160 g/mol. The van der Waals surface area contributed by atoms with Crippen molar-refractivity contribution in [3.63, 3.8) is 0 Å². The van der Waals surface area contributed by atoms with Gasteiger partial charge in [-0.15, -0.1) is 0 Å². The van der Waals surface area contributed by atoms with Gasteiger partial charge in [0.1, 0.15) is 0 Å². The summed E-state index contributed by atoms with van der Waals surface area (Å²) < 4.78 is 4.23. The van der Waals surface area contributed by atoms with Crippen molar-refractivity contribution in [2.45, 2.75) is 0 Å². The predicted octanol–water partition coefficient (Wildman–Crippen LogP) is 1.07. The standard InChI is InChI=1S/C4H5BrO2/c1-7-4(6)2-3-5/h2-3H,1H3/b3-2-. The van der Waals surface area contributed by atoms with Gasteiger partial charge in [0.25, 0.3) is 0 Å². The van der Waals surface area contributed by atoms with Gasteiger partial charge in [0, 0.05) is 6.08 Å². The van der Waals surface area contributed by atoms with Gasteiger partial charge in [-0.2, -0.15) is 0 Å². The number of hydrogen-bond acceptors (Lipinski definition) is 2. The zero-order valence-corrected chi connectivity index (χ0v) is 5.44. The zero-order chi connectivity index (χ0) is 5.70. The first-order valence-corrected chi connectivity index (χ1v) is 2.57. The van der Waals surface area contributed by atoms with Crippen molar-refractivity contribution < 1.29 is 9.53 Å². The second-order valence-corrected chi connectivity index (χ2v) is 1.34. The summed E-state index contributed by atoms with van der Waals surface area (Å²) >= 11 is 2.91. The molecule has 0 radical (unpaired) electrons. The summed E-state index contributed by atoms with van der Waals surface area (Å²) in [6, 6.07) is 0. The Morgan fingerprint density at radius 3 is 2.57 bits per heavy atom. The van der Waals surface area contributed by atoms with Crippen molar-refractivity contribution in [1.82, 2.24) is 0 Å². The molecule has 0 aliphatic rings. The highest BCUT2D eigenvalue weighted by Gasteiger charge is 1.84. The van der Waals surface area contributed by atoms with Crippen molar-refractivity contribution in [2.24, 2.45) is 0 Å². The molecule has 0 aliphatic carbocycles. The number of carbonyl (C=O) groups is 1. The number of methoxy groups -OCH3 is 1. The van der Waals surface area contributed by atoms with Crippen molar-refractivity contribution in [1.29, 1.82) is 0 Å². The van der Waals surface area contributed by atoms with Crippen LogP contribution in [0.1, 0.15) is 0 Å². The first kappa shape index (κ1) is 6.69. The fourth-order valence-electron chi connectivity index (χ4n) is 0.119. The first-order chi connectivity index (χ1) is 3.31. The summed E-state index contributed by atoms with van der Waals surface area (Å²) in [5.41, 5.74) is 0. The van der Waals surface area contributed by atoms with Gasteiger partial charge in [-0.05, 0) is 4.99 Å². The molecule has 0 amide bonds. The molecular formula is C4H5BrO2. The van der Waals surface area contributed by atoms with Gasteiger partial charge in [0.05, 0.1) is 7.11 Å². The van der Waals surface area contributed by atoms with Gasteiger partial charge in [-0.25, -0.2) is 4.79 Å². The Bertz CT molecular complexity index is 87.7. The van der Waals surface area contributed by atoms with E-state index in [2.05, 4.69) is 20.7 Å². The lowest BCUT2D eigenvalue weighted by Gasteiger charge is -1.84. The normalized spacial score (nSPS) is 9.43. The predicted molar refractivity (Wildman–Crippen MR) is 30.1 cm³/mol. The summed E-state index contributed by atoms with van der Waals surface area (Å²) in [6.07, 6.45) is 1.28. The van der Waals surface area contributed by atoms with Gasteiger partial charge in [-0.1, -0.05) is 15.9 Å². The van der Waals surface area contributed by atoms with E-state index in [9.17, 15) is 4.79 Å². The lowest BCUT2D eigenvalue weighted by atomic mass is 10.7. The van der Waals surface area contributed by atoms with Crippen LogP contribution in [-0.2, 0) is 9.53 Å². The average Bonchev–Trinajstić information content (AvgIpc) is 1.68. The molecule has 0 aromatic heterocycles. The minimum absolute atomic E-state index is 0.350. The molecule has 0 rings (SSSR count). The first-order valence-electron chi connectivity index (χ1n) is 1.66. The van der Waals surface area contributed by atoms with Crippen LogP contribution < -0.4 is 0 Å². The number of rotatable bonds is 1. The molecule has 2 nitrogen and oxygen atoms in total. The van der Waals surface area contributed by atoms with Crippen LogP contribution in [0.25, 0.3) is 0 Å². The summed E-state index contributed by atoms with van der Waals surface area (Å²) in [5.74, 6) is -0.350. The molecule has 3 heteroatoms. The monoisotopic (exact) mass is 164 g/mol. The molecule has 0 saturated heterocycles. The number of hydrogen-bond donors (Lipinski definition) is 0. The lowest BCUT2D eigenvalue weighted by molar-refractivity contribution is -0.134. The lowest BCUT2D eigenvalue weighted by Crippen LogP contribution is -1.91. The van der Waals surface area contributed by atoms with E-state index < -0.39 is 0 Å². The van der Waals surface area contributed by atoms with Crippen molar-refractivity contribution >= 4 is 21.9 Å². The van der Waals surface area contributed by atoms with Gasteiger partial charge in [-0.3, -0.25) is 0 Å². The Kier molecular flexibility index (Phi) is 3.69. The second kappa shape index (κ2) is 3.87. The fraction of sp³-hybridized carbons (Fsp3) is 0.250. The van der Waals surface area contributed by atoms with Crippen LogP contribution in [0.4, 0.5) is 0 Å². The number of carbonyl (C=O) groups excluding carboxylic acids is 1. The third kappa shape index (κ3) is 3.52. The van der Waals surface area contributed by atoms with Crippen molar-refractivity contribution in [3.8, 4) is 0 Å². The molecule has 0 unspecified atom stereocenters. The van der Waals surface area contributed by atoms with Crippen LogP contribution in [0.3, 0.4) is 0 Å². The Morgan fingerprint density at radius 2 is 2.43 bits per heavy atom. The largest absolute Gasteiger partial charge is 0.466 e. The Hall–Kier alpha value is -0.310. The minimum Gasteiger partial charge on any atom is -0.466 e. The van der Waals surface area contributed by atoms with E-state index in [0.717, 1.165) is 0 Å². The van der Waals surface area contributed by atoms with Crippen LogP contribution in [0.5, 0.6) is 0 Å². The number of ether oxygens (including phenoxy) is 1. The molecule has 0 aromatic rings. The smallest absolute Gasteiger partial charge is 0.330 e. The molecule has 0 atom stereocenters. The van der Waals surface area contributed by atoms with Gasteiger partial charge >= 0.3 is 5.97 Å². The minimum atomic E-state index is -0.350. The molecule has 0 saturated carbocycles. The highest BCUT2D eigenvalue weighted by atomic mass is 79.9. The summed E-state index contributed by atoms with van der Waals surface area (Å²) in [5, 5.41) is 0. The molecule has 40 valence electrons. The summed E-state index contributed by atoms with van der Waals surface area (Å²) in [4.78, 5) is 11.5. The average molecular weight is 165 g/mol. The van der Waals surface area contributed by atoms with Crippen molar-refractivity contribution in [3.05, 3.63) is 11.1 Å². The van der Waals surface area contributed by atoms with Gasteiger partial charge < -0.3 is 4.74 Å². The van der Waals surface area contributed by atoms with E-state index in [-0.39, 0.29) is 5.97 Å². The van der Waals surface area contributed by atoms with E-state index >= 15 is 0 Å². The molecule has 0 bridgehead atoms. The van der Waals surface area contributed by atoms with Crippen LogP contribution in [0.15, 0.2) is 11.1 Å². The van der Waals surface area contributed by atoms with Crippen LogP contribution in [0.2, 0.25) is 0 Å². The fourth-order valence-corrected chi connectivity index (χ4v) is 0.335. The maximum atomic E-state index is 10.1. The molecule has 0 aliphatic heterocycles.